The number of halogens is 1. The van der Waals surface area contributed by atoms with Crippen molar-refractivity contribution < 1.29 is 23.8 Å². The van der Waals surface area contributed by atoms with Gasteiger partial charge in [-0.05, 0) is 55.2 Å². The molecule has 0 spiro atoms. The van der Waals surface area contributed by atoms with E-state index in [1.807, 2.05) is 0 Å². The van der Waals surface area contributed by atoms with E-state index in [1.165, 1.54) is 24.3 Å². The number of dihydropyridines is 1. The van der Waals surface area contributed by atoms with Gasteiger partial charge in [0, 0.05) is 29.3 Å². The highest BCUT2D eigenvalue weighted by Gasteiger charge is 2.39. The van der Waals surface area contributed by atoms with E-state index in [4.69, 9.17) is 4.74 Å². The highest BCUT2D eigenvalue weighted by atomic mass is 19.1. The van der Waals surface area contributed by atoms with Crippen LogP contribution in [0.2, 0.25) is 0 Å². The van der Waals surface area contributed by atoms with Gasteiger partial charge in [-0.1, -0.05) is 24.3 Å². The Morgan fingerprint density at radius 3 is 2.70 bits per heavy atom. The van der Waals surface area contributed by atoms with Crippen molar-refractivity contribution in [3.8, 4) is 5.75 Å². The molecule has 5 nitrogen and oxygen atoms in total. The number of hydrogen-bond acceptors (Lipinski definition) is 5. The Labute approximate surface area is 173 Å². The molecule has 1 heterocycles. The van der Waals surface area contributed by atoms with Crippen molar-refractivity contribution in [3.05, 3.63) is 88.0 Å². The van der Waals surface area contributed by atoms with Gasteiger partial charge in [-0.3, -0.25) is 4.79 Å². The van der Waals surface area contributed by atoms with Crippen LogP contribution in [0.1, 0.15) is 43.2 Å². The molecular formula is C24H22FNO4. The highest BCUT2D eigenvalue weighted by molar-refractivity contribution is 6.03. The van der Waals surface area contributed by atoms with Gasteiger partial charge in [0.25, 0.3) is 0 Å². The monoisotopic (exact) mass is 407 g/mol. The number of ether oxygens (including phenoxy) is 1. The molecule has 6 heteroatoms. The average Bonchev–Trinajstić information content (AvgIpc) is 2.72. The summed E-state index contributed by atoms with van der Waals surface area (Å²) in [4.78, 5) is 25.9. The molecule has 1 aliphatic heterocycles. The van der Waals surface area contributed by atoms with Crippen LogP contribution in [0.15, 0.2) is 71.1 Å². The number of ketones is 1. The lowest BCUT2D eigenvalue weighted by Gasteiger charge is -2.34. The van der Waals surface area contributed by atoms with Gasteiger partial charge in [-0.15, -0.1) is 0 Å². The summed E-state index contributed by atoms with van der Waals surface area (Å²) in [7, 11) is 0. The average molecular weight is 407 g/mol. The SMILES string of the molecule is CC1=C(C(=O)OCc2ccc(O)cc2)C(c2cccc(F)c2)C2=C(CCCC2=O)N1. The lowest BCUT2D eigenvalue weighted by Crippen LogP contribution is -2.34. The third-order valence-electron chi connectivity index (χ3n) is 5.48. The van der Waals surface area contributed by atoms with Crippen LogP contribution in [0.3, 0.4) is 0 Å². The summed E-state index contributed by atoms with van der Waals surface area (Å²) in [6.07, 6.45) is 1.86. The Kier molecular flexibility index (Phi) is 5.40. The zero-order valence-electron chi connectivity index (χ0n) is 16.6. The second-order valence-electron chi connectivity index (χ2n) is 7.56. The minimum atomic E-state index is -0.669. The van der Waals surface area contributed by atoms with Gasteiger partial charge in [0.1, 0.15) is 18.2 Å². The maximum atomic E-state index is 14.0. The minimum Gasteiger partial charge on any atom is -0.508 e. The van der Waals surface area contributed by atoms with Crippen molar-refractivity contribution in [3.63, 3.8) is 0 Å². The normalized spacial score (nSPS) is 18.7. The molecule has 2 aromatic rings. The molecule has 0 saturated carbocycles. The third kappa shape index (κ3) is 3.85. The van der Waals surface area contributed by atoms with Gasteiger partial charge in [0.15, 0.2) is 5.78 Å². The first-order valence-corrected chi connectivity index (χ1v) is 9.88. The summed E-state index contributed by atoms with van der Waals surface area (Å²) >= 11 is 0. The minimum absolute atomic E-state index is 0.0195. The number of hydrogen-bond donors (Lipinski definition) is 2. The summed E-state index contributed by atoms with van der Waals surface area (Å²) in [5.41, 5.74) is 3.51. The van der Waals surface area contributed by atoms with E-state index in [2.05, 4.69) is 5.32 Å². The summed E-state index contributed by atoms with van der Waals surface area (Å²) in [5.74, 6) is -1.56. The van der Waals surface area contributed by atoms with E-state index < -0.39 is 17.7 Å². The fraction of sp³-hybridized carbons (Fsp3) is 0.250. The first-order valence-electron chi connectivity index (χ1n) is 9.88. The van der Waals surface area contributed by atoms with E-state index in [9.17, 15) is 19.1 Å². The van der Waals surface area contributed by atoms with Crippen LogP contribution in [-0.2, 0) is 20.9 Å². The zero-order valence-corrected chi connectivity index (χ0v) is 16.6. The second kappa shape index (κ2) is 8.14. The van der Waals surface area contributed by atoms with Crippen LogP contribution in [-0.4, -0.2) is 16.9 Å². The van der Waals surface area contributed by atoms with Gasteiger partial charge >= 0.3 is 5.97 Å². The predicted molar refractivity (Wildman–Crippen MR) is 109 cm³/mol. The van der Waals surface area contributed by atoms with E-state index in [0.29, 0.717) is 35.2 Å². The van der Waals surface area contributed by atoms with Gasteiger partial charge < -0.3 is 15.2 Å². The number of rotatable bonds is 4. The van der Waals surface area contributed by atoms with Crippen LogP contribution in [0.4, 0.5) is 4.39 Å². The smallest absolute Gasteiger partial charge is 0.337 e. The standard InChI is InChI=1S/C24H22FNO4/c1-14-21(24(29)30-13-15-8-10-18(27)11-9-15)22(16-4-2-5-17(25)12-16)23-19(26-14)6-3-7-20(23)28/h2,4-5,8-12,22,26-27H,3,6-7,13H2,1H3. The van der Waals surface area contributed by atoms with E-state index in [1.54, 1.807) is 31.2 Å². The molecule has 2 aliphatic rings. The molecule has 154 valence electrons. The maximum absolute atomic E-state index is 14.0. The quantitative estimate of drug-likeness (QED) is 0.742. The van der Waals surface area contributed by atoms with Crippen molar-refractivity contribution in [2.75, 3.05) is 0 Å². The molecule has 4 rings (SSSR count). The van der Waals surface area contributed by atoms with Crippen molar-refractivity contribution >= 4 is 11.8 Å². The van der Waals surface area contributed by atoms with Crippen LogP contribution >= 0.6 is 0 Å². The van der Waals surface area contributed by atoms with Crippen molar-refractivity contribution in [2.24, 2.45) is 0 Å². The lowest BCUT2D eigenvalue weighted by atomic mass is 9.75. The van der Waals surface area contributed by atoms with Crippen LogP contribution in [0.5, 0.6) is 5.75 Å². The molecule has 2 aromatic carbocycles. The Hall–Kier alpha value is -3.41. The number of nitrogens with one attached hydrogen (secondary N) is 1. The molecule has 0 radical (unpaired) electrons. The molecule has 2 N–H and O–H groups in total. The zero-order chi connectivity index (χ0) is 21.3. The largest absolute Gasteiger partial charge is 0.508 e. The van der Waals surface area contributed by atoms with Gasteiger partial charge in [0.05, 0.1) is 5.57 Å². The van der Waals surface area contributed by atoms with Crippen LogP contribution in [0, 0.1) is 5.82 Å². The number of allylic oxidation sites excluding steroid dienone is 3. The molecular weight excluding hydrogens is 385 g/mol. The summed E-state index contributed by atoms with van der Waals surface area (Å²) in [6.45, 7) is 1.79. The van der Waals surface area contributed by atoms with Gasteiger partial charge in [-0.25, -0.2) is 9.18 Å². The number of phenols is 1. The van der Waals surface area contributed by atoms with Gasteiger partial charge in [-0.2, -0.15) is 0 Å². The number of esters is 1. The number of carbonyl (C=O) groups excluding carboxylic acids is 2. The summed E-state index contributed by atoms with van der Waals surface area (Å²) in [6, 6.07) is 12.4. The van der Waals surface area contributed by atoms with Crippen molar-refractivity contribution in [1.29, 1.82) is 0 Å². The number of benzene rings is 2. The van der Waals surface area contributed by atoms with E-state index in [0.717, 1.165) is 17.7 Å². The molecule has 1 unspecified atom stereocenters. The Bertz CT molecular complexity index is 1070. The molecule has 0 bridgehead atoms. The lowest BCUT2D eigenvalue weighted by molar-refractivity contribution is -0.140. The first-order chi connectivity index (χ1) is 14.4. The number of carbonyl (C=O) groups is 2. The first kappa shape index (κ1) is 19.9. The highest BCUT2D eigenvalue weighted by Crippen LogP contribution is 2.42. The van der Waals surface area contributed by atoms with E-state index >= 15 is 0 Å². The maximum Gasteiger partial charge on any atom is 0.337 e. The fourth-order valence-corrected chi connectivity index (χ4v) is 4.09. The van der Waals surface area contributed by atoms with Crippen LogP contribution < -0.4 is 5.32 Å². The summed E-state index contributed by atoms with van der Waals surface area (Å²) < 4.78 is 19.5. The Morgan fingerprint density at radius 1 is 1.20 bits per heavy atom. The molecule has 30 heavy (non-hydrogen) atoms. The molecule has 0 saturated heterocycles. The van der Waals surface area contributed by atoms with Crippen molar-refractivity contribution in [2.45, 2.75) is 38.7 Å². The molecule has 1 aliphatic carbocycles. The van der Waals surface area contributed by atoms with E-state index in [-0.39, 0.29) is 18.1 Å². The fourth-order valence-electron chi connectivity index (χ4n) is 4.09. The predicted octanol–water partition coefficient (Wildman–Crippen LogP) is 4.24. The molecule has 0 aromatic heterocycles. The van der Waals surface area contributed by atoms with Gasteiger partial charge in [0.2, 0.25) is 0 Å². The Balaban J connectivity index is 1.69. The number of aromatic hydroxyl groups is 1. The molecule has 1 atom stereocenters. The Morgan fingerprint density at radius 2 is 1.97 bits per heavy atom. The second-order valence-corrected chi connectivity index (χ2v) is 7.56. The number of Topliss-reactive ketones (excluding diaryl/α,β-unsaturated/α-hetero) is 1. The number of phenolic OH excluding ortho intramolecular Hbond substituents is 1. The van der Waals surface area contributed by atoms with Crippen LogP contribution in [0.25, 0.3) is 0 Å². The molecule has 0 fully saturated rings. The summed E-state index contributed by atoms with van der Waals surface area (Å²) in [5, 5.41) is 12.6. The topological polar surface area (TPSA) is 75.6 Å². The third-order valence-corrected chi connectivity index (χ3v) is 5.48. The molecule has 0 amide bonds. The van der Waals surface area contributed by atoms with Crippen molar-refractivity contribution in [1.82, 2.24) is 5.32 Å².